The molecular formula is C22H17N3O4. The molecule has 3 aromatic carbocycles. The second-order valence-electron chi connectivity index (χ2n) is 6.04. The summed E-state index contributed by atoms with van der Waals surface area (Å²) in [5.74, 6) is -1.01. The number of aromatic carboxylic acids is 1. The minimum Gasteiger partial charge on any atom is -0.478 e. The van der Waals surface area contributed by atoms with E-state index in [4.69, 9.17) is 5.11 Å². The minimum absolute atomic E-state index is 0.0269. The van der Waals surface area contributed by atoms with Crippen molar-refractivity contribution in [3.8, 4) is 0 Å². The maximum atomic E-state index is 11.1. The first-order valence-corrected chi connectivity index (χ1v) is 8.68. The van der Waals surface area contributed by atoms with Gasteiger partial charge in [0, 0.05) is 17.7 Å². The molecule has 0 aromatic heterocycles. The lowest BCUT2D eigenvalue weighted by Gasteiger charge is -2.05. The van der Waals surface area contributed by atoms with Crippen molar-refractivity contribution in [2.45, 2.75) is 0 Å². The number of hydrogen-bond acceptors (Lipinski definition) is 5. The second-order valence-corrected chi connectivity index (χ2v) is 6.04. The van der Waals surface area contributed by atoms with E-state index in [9.17, 15) is 14.9 Å². The van der Waals surface area contributed by atoms with Crippen molar-refractivity contribution >= 4 is 29.1 Å². The molecule has 0 radical (unpaired) electrons. The number of nitrogens with one attached hydrogen (secondary N) is 1. The SMILES string of the molecule is O=C(O)c1cccc(N/N=C(\C=C\c2ccc([N+](=O)[O-])cc2)c2ccccc2)c1. The highest BCUT2D eigenvalue weighted by molar-refractivity contribution is 6.11. The van der Waals surface area contributed by atoms with Crippen molar-refractivity contribution in [2.75, 3.05) is 5.43 Å². The topological polar surface area (TPSA) is 105 Å². The third-order valence-electron chi connectivity index (χ3n) is 4.02. The van der Waals surface area contributed by atoms with Crippen molar-refractivity contribution < 1.29 is 14.8 Å². The highest BCUT2D eigenvalue weighted by atomic mass is 16.6. The molecule has 0 aliphatic carbocycles. The highest BCUT2D eigenvalue weighted by Crippen LogP contribution is 2.15. The summed E-state index contributed by atoms with van der Waals surface area (Å²) < 4.78 is 0. The van der Waals surface area contributed by atoms with Gasteiger partial charge in [0.05, 0.1) is 21.9 Å². The third kappa shape index (κ3) is 5.36. The van der Waals surface area contributed by atoms with Gasteiger partial charge in [0.2, 0.25) is 0 Å². The predicted octanol–water partition coefficient (Wildman–Crippen LogP) is 4.82. The van der Waals surface area contributed by atoms with Gasteiger partial charge in [0.25, 0.3) is 5.69 Å². The lowest BCUT2D eigenvalue weighted by molar-refractivity contribution is -0.384. The Bertz CT molecular complexity index is 1070. The number of nitro groups is 1. The van der Waals surface area contributed by atoms with E-state index in [-0.39, 0.29) is 11.3 Å². The van der Waals surface area contributed by atoms with Gasteiger partial charge in [-0.1, -0.05) is 42.5 Å². The Balaban J connectivity index is 1.87. The molecule has 0 aliphatic heterocycles. The summed E-state index contributed by atoms with van der Waals surface area (Å²) >= 11 is 0. The van der Waals surface area contributed by atoms with Gasteiger partial charge in [0.15, 0.2) is 0 Å². The fraction of sp³-hybridized carbons (Fsp3) is 0. The van der Waals surface area contributed by atoms with Crippen LogP contribution in [0.25, 0.3) is 6.08 Å². The Morgan fingerprint density at radius 2 is 1.66 bits per heavy atom. The van der Waals surface area contributed by atoms with Crippen molar-refractivity contribution in [3.63, 3.8) is 0 Å². The number of carboxylic acids is 1. The second kappa shape index (κ2) is 9.09. The number of carboxylic acid groups (broad SMARTS) is 1. The van der Waals surface area contributed by atoms with Crippen LogP contribution in [0.3, 0.4) is 0 Å². The van der Waals surface area contributed by atoms with Crippen molar-refractivity contribution in [1.29, 1.82) is 0 Å². The average Bonchev–Trinajstić information content (AvgIpc) is 2.75. The number of non-ortho nitro benzene ring substituents is 1. The molecule has 0 unspecified atom stereocenters. The van der Waals surface area contributed by atoms with E-state index in [1.807, 2.05) is 30.3 Å². The number of rotatable bonds is 7. The van der Waals surface area contributed by atoms with E-state index in [0.29, 0.717) is 11.4 Å². The number of nitrogens with zero attached hydrogens (tertiary/aromatic N) is 2. The molecule has 7 heteroatoms. The number of hydrazone groups is 1. The fourth-order valence-corrected chi connectivity index (χ4v) is 2.54. The molecule has 144 valence electrons. The van der Waals surface area contributed by atoms with Crippen LogP contribution in [0.4, 0.5) is 11.4 Å². The van der Waals surface area contributed by atoms with Crippen molar-refractivity contribution in [1.82, 2.24) is 0 Å². The molecule has 0 saturated carbocycles. The molecule has 3 aromatic rings. The van der Waals surface area contributed by atoms with Crippen LogP contribution in [-0.2, 0) is 0 Å². The monoisotopic (exact) mass is 387 g/mol. The maximum Gasteiger partial charge on any atom is 0.335 e. The quantitative estimate of drug-likeness (QED) is 0.343. The number of hydrogen-bond donors (Lipinski definition) is 2. The molecule has 0 saturated heterocycles. The summed E-state index contributed by atoms with van der Waals surface area (Å²) in [5, 5.41) is 24.3. The third-order valence-corrected chi connectivity index (χ3v) is 4.02. The number of benzene rings is 3. The number of anilines is 1. The average molecular weight is 387 g/mol. The molecular weight excluding hydrogens is 370 g/mol. The van der Waals surface area contributed by atoms with Gasteiger partial charge in [0.1, 0.15) is 0 Å². The van der Waals surface area contributed by atoms with Crippen LogP contribution in [0, 0.1) is 10.1 Å². The fourth-order valence-electron chi connectivity index (χ4n) is 2.54. The largest absolute Gasteiger partial charge is 0.478 e. The Hall–Kier alpha value is -4.26. The molecule has 0 amide bonds. The van der Waals surface area contributed by atoms with Crippen LogP contribution in [0.1, 0.15) is 21.5 Å². The van der Waals surface area contributed by atoms with Crippen LogP contribution < -0.4 is 5.43 Å². The molecule has 0 heterocycles. The van der Waals surface area contributed by atoms with Crippen LogP contribution in [0.5, 0.6) is 0 Å². The molecule has 0 atom stereocenters. The summed E-state index contributed by atoms with van der Waals surface area (Å²) in [4.78, 5) is 21.4. The molecule has 0 fully saturated rings. The number of allylic oxidation sites excluding steroid dienone is 1. The maximum absolute atomic E-state index is 11.1. The van der Waals surface area contributed by atoms with E-state index in [2.05, 4.69) is 10.5 Å². The van der Waals surface area contributed by atoms with Crippen LogP contribution in [0.2, 0.25) is 0 Å². The van der Waals surface area contributed by atoms with E-state index in [1.165, 1.54) is 24.3 Å². The minimum atomic E-state index is -1.01. The summed E-state index contributed by atoms with van der Waals surface area (Å²) in [5.41, 5.74) is 5.87. The van der Waals surface area contributed by atoms with Gasteiger partial charge in [-0.25, -0.2) is 4.79 Å². The van der Waals surface area contributed by atoms with E-state index < -0.39 is 10.9 Å². The first-order chi connectivity index (χ1) is 14.0. The van der Waals surface area contributed by atoms with Crippen LogP contribution >= 0.6 is 0 Å². The smallest absolute Gasteiger partial charge is 0.335 e. The molecule has 0 aliphatic rings. The first kappa shape index (κ1) is 19.5. The van der Waals surface area contributed by atoms with Crippen molar-refractivity contribution in [2.24, 2.45) is 5.10 Å². The van der Waals surface area contributed by atoms with Gasteiger partial charge in [-0.15, -0.1) is 0 Å². The van der Waals surface area contributed by atoms with Gasteiger partial charge >= 0.3 is 5.97 Å². The highest BCUT2D eigenvalue weighted by Gasteiger charge is 2.05. The summed E-state index contributed by atoms with van der Waals surface area (Å²) in [6, 6.07) is 22.0. The predicted molar refractivity (Wildman–Crippen MR) is 112 cm³/mol. The molecule has 7 nitrogen and oxygen atoms in total. The molecule has 29 heavy (non-hydrogen) atoms. The van der Waals surface area contributed by atoms with Gasteiger partial charge in [-0.05, 0) is 42.0 Å². The summed E-state index contributed by atoms with van der Waals surface area (Å²) in [6.45, 7) is 0. The van der Waals surface area contributed by atoms with Gasteiger partial charge < -0.3 is 5.11 Å². The van der Waals surface area contributed by atoms with E-state index >= 15 is 0 Å². The Labute approximate surface area is 166 Å². The van der Waals surface area contributed by atoms with Gasteiger partial charge in [-0.2, -0.15) is 5.10 Å². The summed E-state index contributed by atoms with van der Waals surface area (Å²) in [7, 11) is 0. The Morgan fingerprint density at radius 3 is 2.31 bits per heavy atom. The standard InChI is InChI=1S/C22H17N3O4/c26-22(27)18-7-4-8-19(15-18)23-24-21(17-5-2-1-3-6-17)14-11-16-9-12-20(13-10-16)25(28)29/h1-15,23H,(H,26,27)/b14-11+,24-21+. The van der Waals surface area contributed by atoms with E-state index in [0.717, 1.165) is 11.1 Å². The Kier molecular flexibility index (Phi) is 6.12. The zero-order valence-corrected chi connectivity index (χ0v) is 15.2. The lowest BCUT2D eigenvalue weighted by atomic mass is 10.1. The first-order valence-electron chi connectivity index (χ1n) is 8.68. The zero-order valence-electron chi connectivity index (χ0n) is 15.2. The molecule has 0 bridgehead atoms. The van der Waals surface area contributed by atoms with E-state index in [1.54, 1.807) is 36.4 Å². The molecule has 2 N–H and O–H groups in total. The Morgan fingerprint density at radius 1 is 0.966 bits per heavy atom. The number of nitro benzene ring substituents is 1. The zero-order chi connectivity index (χ0) is 20.6. The molecule has 0 spiro atoms. The lowest BCUT2D eigenvalue weighted by Crippen LogP contribution is -2.02. The van der Waals surface area contributed by atoms with Crippen LogP contribution in [-0.4, -0.2) is 21.7 Å². The molecule has 3 rings (SSSR count). The van der Waals surface area contributed by atoms with Crippen molar-refractivity contribution in [3.05, 3.63) is 112 Å². The van der Waals surface area contributed by atoms with Gasteiger partial charge in [-0.3, -0.25) is 15.5 Å². The van der Waals surface area contributed by atoms with Crippen LogP contribution in [0.15, 0.2) is 90.0 Å². The number of carbonyl (C=O) groups is 1. The normalized spacial score (nSPS) is 11.4. The summed E-state index contributed by atoms with van der Waals surface area (Å²) in [6.07, 6.45) is 3.58.